The van der Waals surface area contributed by atoms with E-state index < -0.39 is 5.41 Å². The van der Waals surface area contributed by atoms with Crippen LogP contribution in [-0.2, 0) is 16.6 Å². The van der Waals surface area contributed by atoms with Crippen LogP contribution in [0.4, 0.5) is 0 Å². The monoisotopic (exact) mass is 220 g/mol. The molecular weight excluding hydrogens is 200 g/mol. The number of methoxy groups -OCH3 is 1. The standard InChI is InChI=1S/C14H20O2/c1-6-11-9-12(7-8-13(11)16-5)14(3,4)10(2)15/h7-9H,6H2,1-5H3. The maximum Gasteiger partial charge on any atom is 0.139 e. The van der Waals surface area contributed by atoms with E-state index in [1.807, 2.05) is 26.0 Å². The van der Waals surface area contributed by atoms with Gasteiger partial charge < -0.3 is 4.74 Å². The summed E-state index contributed by atoms with van der Waals surface area (Å²) in [6.45, 7) is 7.63. The van der Waals surface area contributed by atoms with E-state index in [1.165, 1.54) is 0 Å². The van der Waals surface area contributed by atoms with Gasteiger partial charge in [0.1, 0.15) is 11.5 Å². The van der Waals surface area contributed by atoms with Gasteiger partial charge in [-0.05, 0) is 44.4 Å². The summed E-state index contributed by atoms with van der Waals surface area (Å²) in [7, 11) is 1.67. The lowest BCUT2D eigenvalue weighted by molar-refractivity contribution is -0.121. The van der Waals surface area contributed by atoms with Gasteiger partial charge in [-0.1, -0.05) is 19.1 Å². The first-order valence-corrected chi connectivity index (χ1v) is 5.62. The second-order valence-electron chi connectivity index (χ2n) is 4.56. The Morgan fingerprint density at radius 3 is 2.44 bits per heavy atom. The normalized spacial score (nSPS) is 11.3. The molecule has 0 aromatic heterocycles. The van der Waals surface area contributed by atoms with Crippen LogP contribution >= 0.6 is 0 Å². The molecule has 0 saturated heterocycles. The van der Waals surface area contributed by atoms with Gasteiger partial charge >= 0.3 is 0 Å². The molecule has 16 heavy (non-hydrogen) atoms. The summed E-state index contributed by atoms with van der Waals surface area (Å²) >= 11 is 0. The summed E-state index contributed by atoms with van der Waals surface area (Å²) in [5.41, 5.74) is 1.78. The van der Waals surface area contributed by atoms with Gasteiger partial charge in [-0.25, -0.2) is 0 Å². The van der Waals surface area contributed by atoms with Gasteiger partial charge in [0.2, 0.25) is 0 Å². The molecule has 0 unspecified atom stereocenters. The van der Waals surface area contributed by atoms with Crippen LogP contribution in [-0.4, -0.2) is 12.9 Å². The van der Waals surface area contributed by atoms with Gasteiger partial charge in [0.05, 0.1) is 7.11 Å². The molecule has 0 fully saturated rings. The number of benzene rings is 1. The van der Waals surface area contributed by atoms with Crippen LogP contribution < -0.4 is 4.74 Å². The second kappa shape index (κ2) is 4.69. The van der Waals surface area contributed by atoms with E-state index in [4.69, 9.17) is 4.74 Å². The predicted octanol–water partition coefficient (Wildman–Crippen LogP) is 3.12. The zero-order valence-electron chi connectivity index (χ0n) is 10.8. The van der Waals surface area contributed by atoms with Gasteiger partial charge in [-0.15, -0.1) is 0 Å². The molecule has 0 N–H and O–H groups in total. The fraction of sp³-hybridized carbons (Fsp3) is 0.500. The number of carbonyl (C=O) groups is 1. The summed E-state index contributed by atoms with van der Waals surface area (Å²) in [6.07, 6.45) is 0.908. The molecule has 1 rings (SSSR count). The molecule has 0 heterocycles. The lowest BCUT2D eigenvalue weighted by Gasteiger charge is -2.23. The lowest BCUT2D eigenvalue weighted by Crippen LogP contribution is -2.26. The molecule has 0 aliphatic carbocycles. The van der Waals surface area contributed by atoms with Crippen molar-refractivity contribution in [3.8, 4) is 5.75 Å². The molecule has 0 radical (unpaired) electrons. The number of carbonyl (C=O) groups excluding carboxylic acids is 1. The minimum Gasteiger partial charge on any atom is -0.496 e. The molecular formula is C14H20O2. The molecule has 2 heteroatoms. The van der Waals surface area contributed by atoms with Crippen LogP contribution in [0.1, 0.15) is 38.8 Å². The Balaban J connectivity index is 3.23. The molecule has 0 aliphatic rings. The Morgan fingerprint density at radius 2 is 2.00 bits per heavy atom. The third-order valence-corrected chi connectivity index (χ3v) is 3.26. The number of aryl methyl sites for hydroxylation is 1. The van der Waals surface area contributed by atoms with Crippen molar-refractivity contribution in [2.75, 3.05) is 7.11 Å². The summed E-state index contributed by atoms with van der Waals surface area (Å²) in [5.74, 6) is 1.07. The van der Waals surface area contributed by atoms with E-state index in [0.717, 1.165) is 23.3 Å². The number of hydrogen-bond acceptors (Lipinski definition) is 2. The highest BCUT2D eigenvalue weighted by Gasteiger charge is 2.26. The maximum absolute atomic E-state index is 11.6. The van der Waals surface area contributed by atoms with Crippen LogP contribution in [0.2, 0.25) is 0 Å². The predicted molar refractivity (Wildman–Crippen MR) is 66.1 cm³/mol. The fourth-order valence-corrected chi connectivity index (χ4v) is 1.65. The van der Waals surface area contributed by atoms with E-state index in [9.17, 15) is 4.79 Å². The Hall–Kier alpha value is -1.31. The lowest BCUT2D eigenvalue weighted by atomic mass is 9.80. The number of hydrogen-bond donors (Lipinski definition) is 0. The van der Waals surface area contributed by atoms with Crippen molar-refractivity contribution >= 4 is 5.78 Å². The minimum atomic E-state index is -0.420. The summed E-state index contributed by atoms with van der Waals surface area (Å²) in [6, 6.07) is 5.98. The van der Waals surface area contributed by atoms with E-state index in [-0.39, 0.29) is 5.78 Å². The van der Waals surface area contributed by atoms with Gasteiger partial charge in [0.25, 0.3) is 0 Å². The summed E-state index contributed by atoms with van der Waals surface area (Å²) < 4.78 is 5.28. The molecule has 0 amide bonds. The van der Waals surface area contributed by atoms with Crippen molar-refractivity contribution in [1.29, 1.82) is 0 Å². The molecule has 0 saturated carbocycles. The largest absolute Gasteiger partial charge is 0.496 e. The third-order valence-electron chi connectivity index (χ3n) is 3.26. The van der Waals surface area contributed by atoms with Crippen LogP contribution in [0.5, 0.6) is 5.75 Å². The van der Waals surface area contributed by atoms with Crippen molar-refractivity contribution in [1.82, 2.24) is 0 Å². The average molecular weight is 220 g/mol. The van der Waals surface area contributed by atoms with Crippen molar-refractivity contribution < 1.29 is 9.53 Å². The smallest absolute Gasteiger partial charge is 0.139 e. The third kappa shape index (κ3) is 2.26. The Morgan fingerprint density at radius 1 is 1.38 bits per heavy atom. The summed E-state index contributed by atoms with van der Waals surface area (Å²) in [5, 5.41) is 0. The zero-order valence-corrected chi connectivity index (χ0v) is 10.8. The number of rotatable bonds is 4. The van der Waals surface area contributed by atoms with Crippen molar-refractivity contribution in [2.45, 2.75) is 39.5 Å². The van der Waals surface area contributed by atoms with E-state index in [0.29, 0.717) is 0 Å². The van der Waals surface area contributed by atoms with Gasteiger partial charge in [-0.3, -0.25) is 4.79 Å². The maximum atomic E-state index is 11.6. The zero-order chi connectivity index (χ0) is 12.3. The molecule has 0 spiro atoms. The molecule has 2 nitrogen and oxygen atoms in total. The Labute approximate surface area is 97.6 Å². The van der Waals surface area contributed by atoms with Gasteiger partial charge in [-0.2, -0.15) is 0 Å². The van der Waals surface area contributed by atoms with Crippen LogP contribution in [0.25, 0.3) is 0 Å². The first-order valence-electron chi connectivity index (χ1n) is 5.62. The average Bonchev–Trinajstić information content (AvgIpc) is 2.27. The molecule has 88 valence electrons. The Kier molecular flexibility index (Phi) is 3.74. The SMILES string of the molecule is CCc1cc(C(C)(C)C(C)=O)ccc1OC. The molecule has 0 bridgehead atoms. The summed E-state index contributed by atoms with van der Waals surface area (Å²) in [4.78, 5) is 11.6. The van der Waals surface area contributed by atoms with Crippen molar-refractivity contribution in [2.24, 2.45) is 0 Å². The highest BCUT2D eigenvalue weighted by Crippen LogP contribution is 2.29. The first-order chi connectivity index (χ1) is 7.43. The van der Waals surface area contributed by atoms with Crippen LogP contribution in [0.15, 0.2) is 18.2 Å². The van der Waals surface area contributed by atoms with Crippen LogP contribution in [0.3, 0.4) is 0 Å². The number of ether oxygens (including phenoxy) is 1. The Bertz CT molecular complexity index is 392. The van der Waals surface area contributed by atoms with Crippen molar-refractivity contribution in [3.05, 3.63) is 29.3 Å². The van der Waals surface area contributed by atoms with Gasteiger partial charge in [0.15, 0.2) is 0 Å². The molecule has 1 aromatic carbocycles. The van der Waals surface area contributed by atoms with E-state index >= 15 is 0 Å². The number of Topliss-reactive ketones (excluding diaryl/α,β-unsaturated/α-hetero) is 1. The highest BCUT2D eigenvalue weighted by atomic mass is 16.5. The quantitative estimate of drug-likeness (QED) is 0.779. The van der Waals surface area contributed by atoms with Crippen LogP contribution in [0, 0.1) is 0 Å². The second-order valence-corrected chi connectivity index (χ2v) is 4.56. The first kappa shape index (κ1) is 12.8. The topological polar surface area (TPSA) is 26.3 Å². The van der Waals surface area contributed by atoms with Crippen molar-refractivity contribution in [3.63, 3.8) is 0 Å². The molecule has 1 aromatic rings. The number of ketones is 1. The highest BCUT2D eigenvalue weighted by molar-refractivity contribution is 5.87. The molecule has 0 atom stereocenters. The van der Waals surface area contributed by atoms with Gasteiger partial charge in [0, 0.05) is 5.41 Å². The fourth-order valence-electron chi connectivity index (χ4n) is 1.65. The molecule has 0 aliphatic heterocycles. The van der Waals surface area contributed by atoms with E-state index in [1.54, 1.807) is 14.0 Å². The minimum absolute atomic E-state index is 0.180. The van der Waals surface area contributed by atoms with E-state index in [2.05, 4.69) is 13.0 Å².